The molecule has 1 saturated carbocycles. The molecule has 0 aliphatic heterocycles. The van der Waals surface area contributed by atoms with Gasteiger partial charge >= 0.3 is 0 Å². The lowest BCUT2D eigenvalue weighted by atomic mass is 10.0. The SMILES string of the molecule is CCCCn1c(C2CCCC2)nc(C(C)CCC)c1N. The Morgan fingerprint density at radius 3 is 2.55 bits per heavy atom. The van der Waals surface area contributed by atoms with Crippen LogP contribution in [0.2, 0.25) is 0 Å². The molecule has 0 bridgehead atoms. The molecule has 0 spiro atoms. The second-order valence-corrected chi connectivity index (χ2v) is 6.42. The van der Waals surface area contributed by atoms with Crippen molar-refractivity contribution in [2.75, 3.05) is 5.73 Å². The highest BCUT2D eigenvalue weighted by molar-refractivity contribution is 5.41. The lowest BCUT2D eigenvalue weighted by molar-refractivity contribution is 0.561. The van der Waals surface area contributed by atoms with Gasteiger partial charge in [0.25, 0.3) is 0 Å². The summed E-state index contributed by atoms with van der Waals surface area (Å²) >= 11 is 0. The molecule has 0 saturated heterocycles. The Balaban J connectivity index is 2.29. The summed E-state index contributed by atoms with van der Waals surface area (Å²) in [6, 6.07) is 0. The van der Waals surface area contributed by atoms with Gasteiger partial charge in [-0.25, -0.2) is 4.98 Å². The van der Waals surface area contributed by atoms with E-state index in [1.54, 1.807) is 0 Å². The van der Waals surface area contributed by atoms with Crippen molar-refractivity contribution >= 4 is 5.82 Å². The van der Waals surface area contributed by atoms with Gasteiger partial charge in [-0.3, -0.25) is 0 Å². The molecule has 1 unspecified atom stereocenters. The van der Waals surface area contributed by atoms with Crippen molar-refractivity contribution in [3.8, 4) is 0 Å². The van der Waals surface area contributed by atoms with Gasteiger partial charge in [-0.05, 0) is 25.7 Å². The number of rotatable bonds is 7. The third kappa shape index (κ3) is 3.18. The Hall–Kier alpha value is -0.990. The maximum absolute atomic E-state index is 6.44. The van der Waals surface area contributed by atoms with Crippen LogP contribution in [0.15, 0.2) is 0 Å². The lowest BCUT2D eigenvalue weighted by Gasteiger charge is -2.13. The predicted octanol–water partition coefficient (Wildman–Crippen LogP) is 4.83. The highest BCUT2D eigenvalue weighted by Crippen LogP contribution is 2.37. The van der Waals surface area contributed by atoms with Crippen LogP contribution in [0.4, 0.5) is 5.82 Å². The molecule has 1 aliphatic rings. The van der Waals surface area contributed by atoms with Gasteiger partial charge in [0.2, 0.25) is 0 Å². The summed E-state index contributed by atoms with van der Waals surface area (Å²) in [4.78, 5) is 5.00. The second kappa shape index (κ2) is 7.14. The molecule has 0 amide bonds. The van der Waals surface area contributed by atoms with Gasteiger partial charge in [-0.1, -0.05) is 46.5 Å². The van der Waals surface area contributed by atoms with E-state index in [2.05, 4.69) is 25.3 Å². The summed E-state index contributed by atoms with van der Waals surface area (Å²) in [5.74, 6) is 3.37. The smallest absolute Gasteiger partial charge is 0.127 e. The summed E-state index contributed by atoms with van der Waals surface area (Å²) < 4.78 is 2.33. The van der Waals surface area contributed by atoms with Crippen molar-refractivity contribution in [1.82, 2.24) is 9.55 Å². The number of aromatic nitrogens is 2. The number of nitrogens with two attached hydrogens (primary N) is 1. The normalized spacial score (nSPS) is 17.8. The fraction of sp³-hybridized carbons (Fsp3) is 0.824. The minimum absolute atomic E-state index is 0.489. The van der Waals surface area contributed by atoms with E-state index in [-0.39, 0.29) is 0 Å². The summed E-state index contributed by atoms with van der Waals surface area (Å²) in [6.07, 6.45) is 10.1. The summed E-state index contributed by atoms with van der Waals surface area (Å²) in [6.45, 7) is 7.78. The average molecular weight is 277 g/mol. The van der Waals surface area contributed by atoms with E-state index in [1.165, 1.54) is 57.2 Å². The van der Waals surface area contributed by atoms with Crippen LogP contribution in [0, 0.1) is 0 Å². The van der Waals surface area contributed by atoms with Crippen LogP contribution in [-0.2, 0) is 6.54 Å². The van der Waals surface area contributed by atoms with Gasteiger partial charge in [0.1, 0.15) is 11.6 Å². The summed E-state index contributed by atoms with van der Waals surface area (Å²) in [7, 11) is 0. The Labute approximate surface area is 124 Å². The molecular formula is C17H31N3. The van der Waals surface area contributed by atoms with Crippen LogP contribution >= 0.6 is 0 Å². The molecule has 0 radical (unpaired) electrons. The Kier molecular flexibility index (Phi) is 5.50. The molecule has 2 N–H and O–H groups in total. The van der Waals surface area contributed by atoms with Crippen molar-refractivity contribution in [2.24, 2.45) is 0 Å². The van der Waals surface area contributed by atoms with E-state index >= 15 is 0 Å². The lowest BCUT2D eigenvalue weighted by Crippen LogP contribution is -2.10. The molecule has 1 atom stereocenters. The maximum Gasteiger partial charge on any atom is 0.127 e. The Morgan fingerprint density at radius 2 is 1.95 bits per heavy atom. The Morgan fingerprint density at radius 1 is 1.25 bits per heavy atom. The van der Waals surface area contributed by atoms with Crippen LogP contribution < -0.4 is 5.73 Å². The van der Waals surface area contributed by atoms with Gasteiger partial charge < -0.3 is 10.3 Å². The molecular weight excluding hydrogens is 246 g/mol. The zero-order chi connectivity index (χ0) is 14.5. The highest BCUT2D eigenvalue weighted by Gasteiger charge is 2.26. The minimum Gasteiger partial charge on any atom is -0.384 e. The largest absolute Gasteiger partial charge is 0.384 e. The molecule has 114 valence electrons. The number of hydrogen-bond donors (Lipinski definition) is 1. The maximum atomic E-state index is 6.44. The van der Waals surface area contributed by atoms with E-state index < -0.39 is 0 Å². The number of anilines is 1. The van der Waals surface area contributed by atoms with Gasteiger partial charge in [0, 0.05) is 18.4 Å². The van der Waals surface area contributed by atoms with E-state index in [4.69, 9.17) is 10.7 Å². The number of hydrogen-bond acceptors (Lipinski definition) is 2. The third-order valence-corrected chi connectivity index (χ3v) is 4.71. The van der Waals surface area contributed by atoms with Crippen molar-refractivity contribution in [3.63, 3.8) is 0 Å². The second-order valence-electron chi connectivity index (χ2n) is 6.42. The topological polar surface area (TPSA) is 43.8 Å². The first-order valence-corrected chi connectivity index (χ1v) is 8.54. The van der Waals surface area contributed by atoms with Gasteiger partial charge in [-0.2, -0.15) is 0 Å². The molecule has 3 nitrogen and oxygen atoms in total. The van der Waals surface area contributed by atoms with E-state index in [0.717, 1.165) is 18.1 Å². The van der Waals surface area contributed by atoms with Crippen molar-refractivity contribution in [2.45, 2.75) is 90.5 Å². The molecule has 20 heavy (non-hydrogen) atoms. The third-order valence-electron chi connectivity index (χ3n) is 4.71. The monoisotopic (exact) mass is 277 g/mol. The van der Waals surface area contributed by atoms with Gasteiger partial charge in [-0.15, -0.1) is 0 Å². The summed E-state index contributed by atoms with van der Waals surface area (Å²) in [5.41, 5.74) is 7.60. The first kappa shape index (κ1) is 15.4. The number of unbranched alkanes of at least 4 members (excludes halogenated alkanes) is 1. The minimum atomic E-state index is 0.489. The molecule has 3 heteroatoms. The van der Waals surface area contributed by atoms with Crippen molar-refractivity contribution in [1.29, 1.82) is 0 Å². The zero-order valence-corrected chi connectivity index (χ0v) is 13.5. The van der Waals surface area contributed by atoms with E-state index in [0.29, 0.717) is 11.8 Å². The van der Waals surface area contributed by atoms with E-state index in [9.17, 15) is 0 Å². The quantitative estimate of drug-likeness (QED) is 0.776. The fourth-order valence-corrected chi connectivity index (χ4v) is 3.48. The first-order valence-electron chi connectivity index (χ1n) is 8.54. The molecule has 2 rings (SSSR count). The van der Waals surface area contributed by atoms with Crippen LogP contribution in [0.25, 0.3) is 0 Å². The average Bonchev–Trinajstić information content (AvgIpc) is 3.04. The molecule has 1 heterocycles. The van der Waals surface area contributed by atoms with Crippen LogP contribution in [0.5, 0.6) is 0 Å². The standard InChI is InChI=1S/C17H31N3/c1-4-6-12-20-16(18)15(13(3)9-5-2)19-17(20)14-10-7-8-11-14/h13-14H,4-12,18H2,1-3H3. The molecule has 1 aromatic heterocycles. The van der Waals surface area contributed by atoms with Crippen LogP contribution in [0.3, 0.4) is 0 Å². The Bertz CT molecular complexity index is 416. The zero-order valence-electron chi connectivity index (χ0n) is 13.5. The summed E-state index contributed by atoms with van der Waals surface area (Å²) in [5, 5.41) is 0. The number of imidazole rings is 1. The van der Waals surface area contributed by atoms with Crippen molar-refractivity contribution in [3.05, 3.63) is 11.5 Å². The van der Waals surface area contributed by atoms with Crippen LogP contribution in [-0.4, -0.2) is 9.55 Å². The highest BCUT2D eigenvalue weighted by atomic mass is 15.1. The molecule has 0 aromatic carbocycles. The molecule has 1 aromatic rings. The molecule has 1 aliphatic carbocycles. The van der Waals surface area contributed by atoms with Gasteiger partial charge in [0.05, 0.1) is 5.69 Å². The number of nitrogen functional groups attached to an aromatic ring is 1. The van der Waals surface area contributed by atoms with E-state index in [1.807, 2.05) is 0 Å². The fourth-order valence-electron chi connectivity index (χ4n) is 3.48. The molecule has 1 fully saturated rings. The number of nitrogens with zero attached hydrogens (tertiary/aromatic N) is 2. The van der Waals surface area contributed by atoms with Gasteiger partial charge in [0.15, 0.2) is 0 Å². The van der Waals surface area contributed by atoms with Crippen LogP contribution in [0.1, 0.15) is 95.5 Å². The first-order chi connectivity index (χ1) is 9.69. The van der Waals surface area contributed by atoms with Crippen molar-refractivity contribution < 1.29 is 0 Å². The predicted molar refractivity (Wildman–Crippen MR) is 86.1 cm³/mol.